The van der Waals surface area contributed by atoms with Crippen molar-refractivity contribution < 1.29 is 23.1 Å². The molecular weight excluding hydrogens is 502 g/mol. The minimum absolute atomic E-state index is 0.0548. The molecule has 1 aliphatic heterocycles. The molecule has 2 aromatic carbocycles. The maximum absolute atomic E-state index is 12.8. The van der Waals surface area contributed by atoms with Crippen LogP contribution in [0.4, 0.5) is 13.2 Å². The topological polar surface area (TPSA) is 57.5 Å². The molecule has 0 atom stereocenters. The van der Waals surface area contributed by atoms with Crippen molar-refractivity contribution in [3.05, 3.63) is 81.6 Å². The average Bonchev–Trinajstić information content (AvgIpc) is 3.26. The number of aromatic nitrogens is 1. The maximum atomic E-state index is 12.8. The van der Waals surface area contributed by atoms with Crippen LogP contribution in [0, 0.1) is 5.92 Å². The molecule has 0 bridgehead atoms. The largest absolute Gasteiger partial charge is 0.507 e. The molecule has 1 saturated heterocycles. The lowest BCUT2D eigenvalue weighted by molar-refractivity contribution is -0.137. The summed E-state index contributed by atoms with van der Waals surface area (Å²) in [4.78, 5) is 14.9. The molecule has 5 nitrogen and oxygen atoms in total. The van der Waals surface area contributed by atoms with E-state index in [1.54, 1.807) is 4.57 Å². The van der Waals surface area contributed by atoms with Gasteiger partial charge in [0, 0.05) is 47.7 Å². The second-order valence-corrected chi connectivity index (χ2v) is 9.47. The molecule has 1 aromatic heterocycles. The molecule has 35 heavy (non-hydrogen) atoms. The van der Waals surface area contributed by atoms with Crippen LogP contribution in [-0.4, -0.2) is 33.6 Å². The number of phenols is 1. The highest BCUT2D eigenvalue weighted by Crippen LogP contribution is 2.31. The van der Waals surface area contributed by atoms with Gasteiger partial charge in [0.05, 0.1) is 10.6 Å². The summed E-state index contributed by atoms with van der Waals surface area (Å²) in [5, 5.41) is 13.5. The van der Waals surface area contributed by atoms with E-state index < -0.39 is 11.7 Å². The molecule has 4 rings (SSSR count). The van der Waals surface area contributed by atoms with E-state index in [0.717, 1.165) is 30.8 Å². The lowest BCUT2D eigenvalue weighted by atomic mass is 9.95. The van der Waals surface area contributed by atoms with Gasteiger partial charge in [-0.05, 0) is 74.0 Å². The van der Waals surface area contributed by atoms with Crippen LogP contribution in [0.1, 0.15) is 29.5 Å². The highest BCUT2D eigenvalue weighted by Gasteiger charge is 2.30. The minimum Gasteiger partial charge on any atom is -0.507 e. The van der Waals surface area contributed by atoms with Gasteiger partial charge in [0.25, 0.3) is 0 Å². The number of nitrogens with zero attached hydrogens (tertiary/aromatic N) is 2. The van der Waals surface area contributed by atoms with Gasteiger partial charge in [-0.15, -0.1) is 0 Å². The molecule has 1 fully saturated rings. The van der Waals surface area contributed by atoms with Gasteiger partial charge in [-0.25, -0.2) is 0 Å². The first-order valence-electron chi connectivity index (χ1n) is 11.1. The van der Waals surface area contributed by atoms with Gasteiger partial charge < -0.3 is 15.0 Å². The van der Waals surface area contributed by atoms with Crippen molar-refractivity contribution >= 4 is 29.1 Å². The third kappa shape index (κ3) is 6.31. The van der Waals surface area contributed by atoms with E-state index in [1.807, 2.05) is 18.5 Å². The van der Waals surface area contributed by atoms with Crippen LogP contribution < -0.4 is 5.32 Å². The van der Waals surface area contributed by atoms with Gasteiger partial charge in [0.2, 0.25) is 5.91 Å². The summed E-state index contributed by atoms with van der Waals surface area (Å²) in [6.45, 7) is 2.31. The first-order valence-corrected chi connectivity index (χ1v) is 11.9. The molecule has 1 amide bonds. The van der Waals surface area contributed by atoms with Gasteiger partial charge in [0.15, 0.2) is 0 Å². The molecule has 2 N–H and O–H groups in total. The maximum Gasteiger partial charge on any atom is 0.416 e. The Bertz CT molecular complexity index is 1160. The summed E-state index contributed by atoms with van der Waals surface area (Å²) < 4.78 is 40.1. The van der Waals surface area contributed by atoms with Gasteiger partial charge in [-0.3, -0.25) is 9.69 Å². The Hall–Kier alpha value is -2.68. The summed E-state index contributed by atoms with van der Waals surface area (Å²) in [7, 11) is 0. The fraction of sp³-hybridized carbons (Fsp3) is 0.320. The Morgan fingerprint density at radius 3 is 2.40 bits per heavy atom. The lowest BCUT2D eigenvalue weighted by Gasteiger charge is -2.31. The molecule has 1 aliphatic rings. The van der Waals surface area contributed by atoms with Crippen LogP contribution >= 0.6 is 23.2 Å². The van der Waals surface area contributed by atoms with Gasteiger partial charge >= 0.3 is 6.18 Å². The SMILES string of the molecule is O=C(NCc1c(O)cc(Cl)cc1Cl)C1CCN(Cc2ccn(-c3ccc(C(F)(F)F)cc3)c2)CC1. The first kappa shape index (κ1) is 25.4. The zero-order valence-corrected chi connectivity index (χ0v) is 20.2. The number of nitrogens with one attached hydrogen (secondary N) is 1. The number of rotatable bonds is 6. The average molecular weight is 526 g/mol. The number of carbonyl (C=O) groups is 1. The predicted octanol–water partition coefficient (Wildman–Crippen LogP) is 6.04. The number of amides is 1. The van der Waals surface area contributed by atoms with Crippen molar-refractivity contribution in [3.63, 3.8) is 0 Å². The Morgan fingerprint density at radius 1 is 1.09 bits per heavy atom. The summed E-state index contributed by atoms with van der Waals surface area (Å²) >= 11 is 12.0. The van der Waals surface area contributed by atoms with Crippen molar-refractivity contribution in [1.29, 1.82) is 0 Å². The van der Waals surface area contributed by atoms with Crippen LogP contribution in [0.25, 0.3) is 5.69 Å². The number of piperidine rings is 1. The molecule has 0 saturated carbocycles. The normalized spacial score (nSPS) is 15.3. The van der Waals surface area contributed by atoms with Gasteiger partial charge in [0.1, 0.15) is 5.75 Å². The van der Waals surface area contributed by atoms with Crippen LogP contribution in [0.3, 0.4) is 0 Å². The summed E-state index contributed by atoms with van der Waals surface area (Å²) in [5.74, 6) is -0.263. The second-order valence-electron chi connectivity index (χ2n) is 8.63. The van der Waals surface area contributed by atoms with Crippen molar-refractivity contribution in [2.75, 3.05) is 13.1 Å². The van der Waals surface area contributed by atoms with E-state index in [9.17, 15) is 23.1 Å². The molecular formula is C25H24Cl2F3N3O2. The van der Waals surface area contributed by atoms with Crippen molar-refractivity contribution in [2.45, 2.75) is 32.1 Å². The quantitative estimate of drug-likeness (QED) is 0.412. The third-order valence-electron chi connectivity index (χ3n) is 6.19. The highest BCUT2D eigenvalue weighted by molar-refractivity contribution is 6.35. The smallest absolute Gasteiger partial charge is 0.416 e. The predicted molar refractivity (Wildman–Crippen MR) is 129 cm³/mol. The van der Waals surface area contributed by atoms with Crippen molar-refractivity contribution in [1.82, 2.24) is 14.8 Å². The van der Waals surface area contributed by atoms with Gasteiger partial charge in [-0.1, -0.05) is 23.2 Å². The van der Waals surface area contributed by atoms with Crippen LogP contribution in [0.5, 0.6) is 5.75 Å². The first-order chi connectivity index (χ1) is 16.6. The molecule has 3 aromatic rings. The number of likely N-dealkylation sites (tertiary alicyclic amines) is 1. The fourth-order valence-electron chi connectivity index (χ4n) is 4.21. The van der Waals surface area contributed by atoms with Crippen LogP contribution in [-0.2, 0) is 24.1 Å². The molecule has 0 aliphatic carbocycles. The number of benzene rings is 2. The molecule has 2 heterocycles. The number of carbonyl (C=O) groups excluding carboxylic acids is 1. The van der Waals surface area contributed by atoms with E-state index in [-0.39, 0.29) is 24.1 Å². The summed E-state index contributed by atoms with van der Waals surface area (Å²) in [6.07, 6.45) is 0.783. The van der Waals surface area contributed by atoms with E-state index >= 15 is 0 Å². The highest BCUT2D eigenvalue weighted by atomic mass is 35.5. The van der Waals surface area contributed by atoms with E-state index in [1.165, 1.54) is 24.3 Å². The third-order valence-corrected chi connectivity index (χ3v) is 6.74. The number of halogens is 5. The van der Waals surface area contributed by atoms with E-state index in [2.05, 4.69) is 10.2 Å². The Balaban J connectivity index is 1.27. The Morgan fingerprint density at radius 2 is 1.77 bits per heavy atom. The van der Waals surface area contributed by atoms with Crippen LogP contribution in [0.2, 0.25) is 10.0 Å². The number of alkyl halides is 3. The molecule has 10 heteroatoms. The monoisotopic (exact) mass is 525 g/mol. The Kier molecular flexibility index (Phi) is 7.64. The standard InChI is InChI=1S/C25H24Cl2F3N3O2/c26-19-11-22(27)21(23(34)12-19)13-31-24(35)17-6-8-32(9-7-17)14-16-5-10-33(15-16)20-3-1-18(2-4-20)25(28,29)30/h1-5,10-12,15,17,34H,6-9,13-14H2,(H,31,35). The molecule has 186 valence electrons. The van der Waals surface area contributed by atoms with Crippen molar-refractivity contribution in [2.24, 2.45) is 5.92 Å². The number of hydrogen-bond donors (Lipinski definition) is 2. The van der Waals surface area contributed by atoms with Gasteiger partial charge in [-0.2, -0.15) is 13.2 Å². The van der Waals surface area contributed by atoms with E-state index in [0.29, 0.717) is 40.7 Å². The fourth-order valence-corrected chi connectivity index (χ4v) is 4.76. The summed E-state index contributed by atoms with van der Waals surface area (Å²) in [6, 6.07) is 9.91. The minimum atomic E-state index is -4.35. The van der Waals surface area contributed by atoms with E-state index in [4.69, 9.17) is 23.2 Å². The number of phenolic OH excluding ortho intramolecular Hbond substituents is 1. The zero-order valence-electron chi connectivity index (χ0n) is 18.7. The number of hydrogen-bond acceptors (Lipinski definition) is 3. The second kappa shape index (κ2) is 10.5. The van der Waals surface area contributed by atoms with Crippen molar-refractivity contribution in [3.8, 4) is 11.4 Å². The summed E-state index contributed by atoms with van der Waals surface area (Å²) in [5.41, 5.74) is 1.46. The number of aromatic hydroxyl groups is 1. The van der Waals surface area contributed by atoms with Crippen LogP contribution in [0.15, 0.2) is 54.9 Å². The molecule has 0 radical (unpaired) electrons. The Labute approximate surface area is 211 Å². The zero-order chi connectivity index (χ0) is 25.2. The molecule has 0 spiro atoms. The lowest BCUT2D eigenvalue weighted by Crippen LogP contribution is -2.40. The molecule has 0 unspecified atom stereocenters.